The normalized spacial score (nSPS) is 14.3. The molecule has 200 valence electrons. The van der Waals surface area contributed by atoms with Crippen molar-refractivity contribution in [2.75, 3.05) is 25.6 Å². The summed E-state index contributed by atoms with van der Waals surface area (Å²) in [6.07, 6.45) is -15.5. The van der Waals surface area contributed by atoms with E-state index in [-0.39, 0.29) is 24.7 Å². The van der Waals surface area contributed by atoms with Crippen molar-refractivity contribution in [1.29, 1.82) is 0 Å². The van der Waals surface area contributed by atoms with Crippen molar-refractivity contribution in [3.8, 4) is 0 Å². The van der Waals surface area contributed by atoms with Gasteiger partial charge in [0.05, 0.1) is 24.3 Å². The van der Waals surface area contributed by atoms with Gasteiger partial charge in [-0.15, -0.1) is 0 Å². The van der Waals surface area contributed by atoms with E-state index in [0.717, 1.165) is 12.1 Å². The minimum atomic E-state index is -5.48. The number of carbonyl (C=O) groups is 1. The van der Waals surface area contributed by atoms with Crippen LogP contribution in [0.1, 0.15) is 28.7 Å². The Morgan fingerprint density at radius 1 is 0.917 bits per heavy atom. The molecular weight excluding hydrogens is 511 g/mol. The maximum absolute atomic E-state index is 13.7. The highest BCUT2D eigenvalue weighted by Gasteiger charge is 2.55. The van der Waals surface area contributed by atoms with E-state index in [0.29, 0.717) is 24.3 Å². The summed E-state index contributed by atoms with van der Waals surface area (Å²) in [5, 5.41) is 14.6. The number of alkyl halides is 9. The predicted molar refractivity (Wildman–Crippen MR) is 110 cm³/mol. The average Bonchev–Trinajstić information content (AvgIpc) is 2.78. The molecule has 14 heteroatoms. The minimum Gasteiger partial charge on any atom is -0.384 e. The number of amides is 1. The molecule has 0 aliphatic rings. The Hall–Kier alpha value is -3.00. The third-order valence-corrected chi connectivity index (χ3v) is 5.11. The Kier molecular flexibility index (Phi) is 8.89. The largest absolute Gasteiger partial charge is 0.423 e. The first kappa shape index (κ1) is 29.2. The SMILES string of the molecule is COCCC(=O)NCc1ccc(NC[C@](O)(c2cccc(C(F)(F)F)c2)C(F)(F)F)cc1C(F)(F)F. The Bertz CT molecular complexity index is 1050. The van der Waals surface area contributed by atoms with Crippen molar-refractivity contribution in [2.24, 2.45) is 0 Å². The van der Waals surface area contributed by atoms with Gasteiger partial charge in [-0.3, -0.25) is 4.79 Å². The summed E-state index contributed by atoms with van der Waals surface area (Å²) in [5.41, 5.74) is -8.60. The van der Waals surface area contributed by atoms with E-state index < -0.39 is 65.5 Å². The van der Waals surface area contributed by atoms with Crippen molar-refractivity contribution in [2.45, 2.75) is 37.1 Å². The third-order valence-electron chi connectivity index (χ3n) is 5.11. The maximum Gasteiger partial charge on any atom is 0.423 e. The Morgan fingerprint density at radius 3 is 2.11 bits per heavy atom. The number of halogens is 9. The molecule has 2 aromatic rings. The highest BCUT2D eigenvalue weighted by Crippen LogP contribution is 2.41. The molecule has 0 saturated heterocycles. The van der Waals surface area contributed by atoms with Gasteiger partial charge < -0.3 is 20.5 Å². The van der Waals surface area contributed by atoms with Gasteiger partial charge >= 0.3 is 18.5 Å². The first-order chi connectivity index (χ1) is 16.5. The molecule has 3 N–H and O–H groups in total. The van der Waals surface area contributed by atoms with Crippen molar-refractivity contribution >= 4 is 11.6 Å². The molecule has 0 bridgehead atoms. The summed E-state index contributed by atoms with van der Waals surface area (Å²) in [4.78, 5) is 11.6. The standard InChI is InChI=1S/C22H21F9N2O3/c1-36-8-7-18(34)32-11-13-5-6-16(10-17(13)21(26,27)28)33-12-19(35,22(29,30)31)14-3-2-4-15(9-14)20(23,24)25/h2-6,9-10,33,35H,7-8,11-12H2,1H3,(H,32,34)/t19-/m0/s1. The number of hydrogen-bond acceptors (Lipinski definition) is 4. The van der Waals surface area contributed by atoms with Gasteiger partial charge in [0.25, 0.3) is 0 Å². The molecule has 0 fully saturated rings. The highest BCUT2D eigenvalue weighted by atomic mass is 19.4. The van der Waals surface area contributed by atoms with Gasteiger partial charge in [-0.2, -0.15) is 39.5 Å². The van der Waals surface area contributed by atoms with E-state index in [1.54, 1.807) is 0 Å². The van der Waals surface area contributed by atoms with Crippen LogP contribution < -0.4 is 10.6 Å². The molecule has 2 aromatic carbocycles. The lowest BCUT2D eigenvalue weighted by atomic mass is 9.91. The zero-order chi connectivity index (χ0) is 27.4. The van der Waals surface area contributed by atoms with Crippen LogP contribution in [0.2, 0.25) is 0 Å². The van der Waals surface area contributed by atoms with Gasteiger partial charge in [0.2, 0.25) is 11.5 Å². The minimum absolute atomic E-state index is 0.0365. The van der Waals surface area contributed by atoms with Gasteiger partial charge in [-0.05, 0) is 35.4 Å². The molecule has 0 aliphatic heterocycles. The molecule has 1 amide bonds. The van der Waals surface area contributed by atoms with Crippen LogP contribution in [0.15, 0.2) is 42.5 Å². The number of nitrogens with one attached hydrogen (secondary N) is 2. The molecule has 0 aromatic heterocycles. The number of benzene rings is 2. The molecule has 0 unspecified atom stereocenters. The van der Waals surface area contributed by atoms with Crippen LogP contribution in [0, 0.1) is 0 Å². The Morgan fingerprint density at radius 2 is 1.56 bits per heavy atom. The first-order valence-electron chi connectivity index (χ1n) is 10.2. The van der Waals surface area contributed by atoms with Gasteiger partial charge in [0.1, 0.15) is 0 Å². The topological polar surface area (TPSA) is 70.6 Å². The lowest BCUT2D eigenvalue weighted by molar-refractivity contribution is -0.260. The third kappa shape index (κ3) is 7.26. The van der Waals surface area contributed by atoms with Gasteiger partial charge in [-0.1, -0.05) is 18.2 Å². The van der Waals surface area contributed by atoms with E-state index in [1.807, 2.05) is 5.32 Å². The van der Waals surface area contributed by atoms with Crippen molar-refractivity contribution < 1.29 is 54.2 Å². The lowest BCUT2D eigenvalue weighted by Crippen LogP contribution is -2.48. The van der Waals surface area contributed by atoms with Crippen molar-refractivity contribution in [3.05, 3.63) is 64.7 Å². The van der Waals surface area contributed by atoms with Gasteiger partial charge in [0.15, 0.2) is 0 Å². The number of aliphatic hydroxyl groups is 1. The second kappa shape index (κ2) is 10.9. The van der Waals surface area contributed by atoms with Crippen molar-refractivity contribution in [1.82, 2.24) is 5.32 Å². The number of ether oxygens (including phenoxy) is 1. The number of hydrogen-bond donors (Lipinski definition) is 3. The van der Waals surface area contributed by atoms with Crippen LogP contribution in [0.3, 0.4) is 0 Å². The molecular formula is C22H21F9N2O3. The summed E-state index contributed by atoms with van der Waals surface area (Å²) in [6, 6.07) is 4.29. The summed E-state index contributed by atoms with van der Waals surface area (Å²) >= 11 is 0. The zero-order valence-corrected chi connectivity index (χ0v) is 18.5. The summed E-state index contributed by atoms with van der Waals surface area (Å²) in [5.74, 6) is -0.594. The fraction of sp³-hybridized carbons (Fsp3) is 0.409. The molecule has 36 heavy (non-hydrogen) atoms. The fourth-order valence-corrected chi connectivity index (χ4v) is 3.13. The molecule has 0 aliphatic carbocycles. The molecule has 1 atom stereocenters. The highest BCUT2D eigenvalue weighted by molar-refractivity contribution is 5.76. The predicted octanol–water partition coefficient (Wildman–Crippen LogP) is 5.24. The molecule has 0 heterocycles. The Labute approximate surface area is 199 Å². The van der Waals surface area contributed by atoms with Gasteiger partial charge in [-0.25, -0.2) is 0 Å². The molecule has 0 saturated carbocycles. The average molecular weight is 532 g/mol. The lowest BCUT2D eigenvalue weighted by Gasteiger charge is -2.32. The molecule has 0 spiro atoms. The van der Waals surface area contributed by atoms with E-state index in [2.05, 4.69) is 10.1 Å². The first-order valence-corrected chi connectivity index (χ1v) is 10.2. The van der Waals surface area contributed by atoms with Crippen LogP contribution in [0.5, 0.6) is 0 Å². The van der Waals surface area contributed by atoms with Crippen LogP contribution in [0.25, 0.3) is 0 Å². The van der Waals surface area contributed by atoms with E-state index in [4.69, 9.17) is 0 Å². The van der Waals surface area contributed by atoms with Crippen LogP contribution in [-0.2, 0) is 34.0 Å². The van der Waals surface area contributed by atoms with Crippen LogP contribution in [-0.4, -0.2) is 37.5 Å². The van der Waals surface area contributed by atoms with E-state index >= 15 is 0 Å². The van der Waals surface area contributed by atoms with Crippen LogP contribution >= 0.6 is 0 Å². The van der Waals surface area contributed by atoms with E-state index in [1.165, 1.54) is 7.11 Å². The summed E-state index contributed by atoms with van der Waals surface area (Å²) in [7, 11) is 1.33. The summed E-state index contributed by atoms with van der Waals surface area (Å²) < 4.78 is 125. The quantitative estimate of drug-likeness (QED) is 0.387. The molecule has 2 rings (SSSR count). The number of carbonyl (C=O) groups excluding carboxylic acids is 1. The summed E-state index contributed by atoms with van der Waals surface area (Å²) in [6.45, 7) is -1.98. The second-order valence-corrected chi connectivity index (χ2v) is 7.68. The second-order valence-electron chi connectivity index (χ2n) is 7.68. The van der Waals surface area contributed by atoms with Crippen LogP contribution in [0.4, 0.5) is 45.2 Å². The monoisotopic (exact) mass is 532 g/mol. The van der Waals surface area contributed by atoms with Crippen molar-refractivity contribution in [3.63, 3.8) is 0 Å². The molecule has 0 radical (unpaired) electrons. The zero-order valence-electron chi connectivity index (χ0n) is 18.5. The van der Waals surface area contributed by atoms with E-state index in [9.17, 15) is 49.4 Å². The number of anilines is 1. The number of methoxy groups -OCH3 is 1. The maximum atomic E-state index is 13.7. The molecule has 5 nitrogen and oxygen atoms in total. The van der Waals surface area contributed by atoms with Gasteiger partial charge in [0, 0.05) is 25.8 Å². The fourth-order valence-electron chi connectivity index (χ4n) is 3.13. The smallest absolute Gasteiger partial charge is 0.384 e. The number of rotatable bonds is 9. The Balaban J connectivity index is 2.33.